The number of rotatable bonds is 7. The minimum Gasteiger partial charge on any atom is -0.492 e. The van der Waals surface area contributed by atoms with Gasteiger partial charge in [0, 0.05) is 23.9 Å². The maximum atomic E-state index is 12.7. The molecule has 1 aromatic heterocycles. The lowest BCUT2D eigenvalue weighted by molar-refractivity contribution is 0.102. The van der Waals surface area contributed by atoms with Crippen molar-refractivity contribution >= 4 is 11.6 Å². The van der Waals surface area contributed by atoms with E-state index in [4.69, 9.17) is 4.74 Å². The van der Waals surface area contributed by atoms with Gasteiger partial charge in [-0.1, -0.05) is 24.6 Å². The number of nitrogens with one attached hydrogen (secondary N) is 2. The Morgan fingerprint density at radius 1 is 1.03 bits per heavy atom. The largest absolute Gasteiger partial charge is 0.492 e. The van der Waals surface area contributed by atoms with E-state index in [2.05, 4.69) is 20.4 Å². The molecule has 1 saturated heterocycles. The summed E-state index contributed by atoms with van der Waals surface area (Å²) < 4.78 is 5.85. The number of benzene rings is 2. The summed E-state index contributed by atoms with van der Waals surface area (Å²) >= 11 is 0. The lowest BCUT2D eigenvalue weighted by atomic mass is 10.1. The Hall–Kier alpha value is -3.12. The second kappa shape index (κ2) is 9.39. The molecule has 3 aromatic rings. The fraction of sp³-hybridized carbons (Fsp3) is 0.304. The van der Waals surface area contributed by atoms with Crippen molar-refractivity contribution in [3.63, 3.8) is 0 Å². The number of H-pyrrole nitrogens is 1. The number of amides is 1. The predicted octanol–water partition coefficient (Wildman–Crippen LogP) is 4.19. The predicted molar refractivity (Wildman–Crippen MR) is 114 cm³/mol. The highest BCUT2D eigenvalue weighted by Gasteiger charge is 2.12. The first-order valence-corrected chi connectivity index (χ1v) is 10.1. The van der Waals surface area contributed by atoms with Crippen molar-refractivity contribution < 1.29 is 9.53 Å². The lowest BCUT2D eigenvalue weighted by Gasteiger charge is -2.26. The van der Waals surface area contributed by atoms with Crippen LogP contribution >= 0.6 is 0 Å². The van der Waals surface area contributed by atoms with E-state index in [9.17, 15) is 4.79 Å². The molecule has 2 aromatic carbocycles. The molecule has 150 valence electrons. The Labute approximate surface area is 170 Å². The topological polar surface area (TPSA) is 70.2 Å². The third-order valence-electron chi connectivity index (χ3n) is 5.21. The summed E-state index contributed by atoms with van der Waals surface area (Å²) in [5.74, 6) is 0.633. The van der Waals surface area contributed by atoms with Crippen LogP contribution in [0.4, 0.5) is 5.69 Å². The zero-order chi connectivity index (χ0) is 19.9. The van der Waals surface area contributed by atoms with Gasteiger partial charge in [0.15, 0.2) is 0 Å². The van der Waals surface area contributed by atoms with Gasteiger partial charge in [-0.15, -0.1) is 0 Å². The molecule has 0 unspecified atom stereocenters. The average molecular weight is 390 g/mol. The Morgan fingerprint density at radius 3 is 2.59 bits per heavy atom. The van der Waals surface area contributed by atoms with Crippen molar-refractivity contribution in [2.24, 2.45) is 0 Å². The van der Waals surface area contributed by atoms with E-state index < -0.39 is 0 Å². The minimum atomic E-state index is -0.156. The number of nitrogens with zero attached hydrogens (tertiary/aromatic N) is 2. The normalized spacial score (nSPS) is 14.5. The van der Waals surface area contributed by atoms with Crippen molar-refractivity contribution in [1.82, 2.24) is 15.1 Å². The van der Waals surface area contributed by atoms with E-state index in [1.807, 2.05) is 42.5 Å². The zero-order valence-corrected chi connectivity index (χ0v) is 16.4. The number of ether oxygens (including phenoxy) is 1. The fourth-order valence-electron chi connectivity index (χ4n) is 3.61. The summed E-state index contributed by atoms with van der Waals surface area (Å²) in [6.07, 6.45) is 5.60. The van der Waals surface area contributed by atoms with E-state index in [1.165, 1.54) is 32.4 Å². The van der Waals surface area contributed by atoms with Crippen molar-refractivity contribution in [2.45, 2.75) is 19.3 Å². The van der Waals surface area contributed by atoms with E-state index >= 15 is 0 Å². The van der Waals surface area contributed by atoms with E-state index in [0.717, 1.165) is 29.2 Å². The van der Waals surface area contributed by atoms with Crippen LogP contribution in [0, 0.1) is 0 Å². The Bertz CT molecular complexity index is 916. The molecule has 0 spiro atoms. The minimum absolute atomic E-state index is 0.156. The first kappa shape index (κ1) is 19.2. The molecule has 0 saturated carbocycles. The molecule has 2 heterocycles. The summed E-state index contributed by atoms with van der Waals surface area (Å²) in [5, 5.41) is 9.91. The third kappa shape index (κ3) is 5.03. The molecule has 1 fully saturated rings. The van der Waals surface area contributed by atoms with Crippen LogP contribution in [0.25, 0.3) is 11.3 Å². The van der Waals surface area contributed by atoms with Gasteiger partial charge in [0.1, 0.15) is 12.4 Å². The summed E-state index contributed by atoms with van der Waals surface area (Å²) in [4.78, 5) is 15.1. The second-order valence-corrected chi connectivity index (χ2v) is 7.25. The molecule has 1 amide bonds. The molecule has 0 aliphatic carbocycles. The van der Waals surface area contributed by atoms with Crippen LogP contribution in [0.3, 0.4) is 0 Å². The summed E-state index contributed by atoms with van der Waals surface area (Å²) in [5.41, 5.74) is 3.09. The van der Waals surface area contributed by atoms with Crippen LogP contribution in [-0.2, 0) is 0 Å². The lowest BCUT2D eigenvalue weighted by Crippen LogP contribution is -2.33. The van der Waals surface area contributed by atoms with Crippen LogP contribution in [0.1, 0.15) is 29.6 Å². The summed E-state index contributed by atoms with van der Waals surface area (Å²) in [7, 11) is 0. The second-order valence-electron chi connectivity index (χ2n) is 7.25. The van der Waals surface area contributed by atoms with Crippen molar-refractivity contribution in [2.75, 3.05) is 31.6 Å². The first-order valence-electron chi connectivity index (χ1n) is 10.1. The van der Waals surface area contributed by atoms with Gasteiger partial charge in [-0.25, -0.2) is 0 Å². The molecule has 0 bridgehead atoms. The molecule has 1 aliphatic heterocycles. The molecule has 0 atom stereocenters. The standard InChI is InChI=1S/C23H26N4O2/c28-23(25-21-7-3-2-6-20(21)22-12-13-24-26-22)18-8-10-19(11-9-18)29-17-16-27-14-4-1-5-15-27/h2-3,6-13H,1,4-5,14-17H2,(H,24,26)(H,25,28). The smallest absolute Gasteiger partial charge is 0.255 e. The fourth-order valence-corrected chi connectivity index (χ4v) is 3.61. The van der Waals surface area contributed by atoms with Gasteiger partial charge in [-0.3, -0.25) is 14.8 Å². The number of hydrogen-bond donors (Lipinski definition) is 2. The van der Waals surface area contributed by atoms with Gasteiger partial charge in [0.2, 0.25) is 0 Å². The Kier molecular flexibility index (Phi) is 6.22. The zero-order valence-electron chi connectivity index (χ0n) is 16.4. The quantitative estimate of drug-likeness (QED) is 0.634. The number of hydrogen-bond acceptors (Lipinski definition) is 4. The van der Waals surface area contributed by atoms with Crippen LogP contribution < -0.4 is 10.1 Å². The maximum absolute atomic E-state index is 12.7. The van der Waals surface area contributed by atoms with E-state index in [0.29, 0.717) is 12.2 Å². The van der Waals surface area contributed by atoms with Gasteiger partial charge in [0.25, 0.3) is 5.91 Å². The van der Waals surface area contributed by atoms with Crippen molar-refractivity contribution in [1.29, 1.82) is 0 Å². The molecular weight excluding hydrogens is 364 g/mol. The van der Waals surface area contributed by atoms with Crippen molar-refractivity contribution in [3.05, 3.63) is 66.4 Å². The number of carbonyl (C=O) groups excluding carboxylic acids is 1. The highest BCUT2D eigenvalue weighted by atomic mass is 16.5. The summed E-state index contributed by atoms with van der Waals surface area (Å²) in [6.45, 7) is 3.96. The number of para-hydroxylation sites is 1. The van der Waals surface area contributed by atoms with Crippen LogP contribution in [0.2, 0.25) is 0 Å². The molecule has 6 nitrogen and oxygen atoms in total. The van der Waals surface area contributed by atoms with E-state index in [-0.39, 0.29) is 5.91 Å². The van der Waals surface area contributed by atoms with E-state index in [1.54, 1.807) is 18.3 Å². The SMILES string of the molecule is O=C(Nc1ccccc1-c1ccn[nH]1)c1ccc(OCCN2CCCCC2)cc1. The number of anilines is 1. The van der Waals surface area contributed by atoms with Crippen molar-refractivity contribution in [3.8, 4) is 17.0 Å². The van der Waals surface area contributed by atoms with Gasteiger partial charge in [0.05, 0.1) is 11.4 Å². The van der Waals surface area contributed by atoms with Crippen LogP contribution in [-0.4, -0.2) is 47.2 Å². The molecule has 4 rings (SSSR count). The number of aromatic amines is 1. The first-order chi connectivity index (χ1) is 14.3. The number of piperidine rings is 1. The van der Waals surface area contributed by atoms with Gasteiger partial charge in [-0.05, 0) is 62.3 Å². The van der Waals surface area contributed by atoms with Crippen LogP contribution in [0.15, 0.2) is 60.8 Å². The average Bonchev–Trinajstić information content (AvgIpc) is 3.30. The van der Waals surface area contributed by atoms with Gasteiger partial charge >= 0.3 is 0 Å². The van der Waals surface area contributed by atoms with Gasteiger partial charge < -0.3 is 10.1 Å². The molecule has 1 aliphatic rings. The number of likely N-dealkylation sites (tertiary alicyclic amines) is 1. The Morgan fingerprint density at radius 2 is 1.83 bits per heavy atom. The molecule has 29 heavy (non-hydrogen) atoms. The molecule has 2 N–H and O–H groups in total. The van der Waals surface area contributed by atoms with Gasteiger partial charge in [-0.2, -0.15) is 5.10 Å². The van der Waals surface area contributed by atoms with Crippen LogP contribution in [0.5, 0.6) is 5.75 Å². The maximum Gasteiger partial charge on any atom is 0.255 e. The molecular formula is C23H26N4O2. The Balaban J connectivity index is 1.34. The highest BCUT2D eigenvalue weighted by molar-refractivity contribution is 6.06. The third-order valence-corrected chi connectivity index (χ3v) is 5.21. The number of aromatic nitrogens is 2. The number of carbonyl (C=O) groups is 1. The monoisotopic (exact) mass is 390 g/mol. The molecule has 0 radical (unpaired) electrons. The highest BCUT2D eigenvalue weighted by Crippen LogP contribution is 2.26. The molecule has 6 heteroatoms. The summed E-state index contributed by atoms with van der Waals surface area (Å²) in [6, 6.07) is 16.8.